The van der Waals surface area contributed by atoms with E-state index in [0.29, 0.717) is 35.9 Å². The number of aromatic nitrogens is 3. The van der Waals surface area contributed by atoms with Crippen molar-refractivity contribution in [2.24, 2.45) is 0 Å². The second-order valence-electron chi connectivity index (χ2n) is 6.96. The number of aliphatic hydroxyl groups is 1. The van der Waals surface area contributed by atoms with Crippen LogP contribution in [0.25, 0.3) is 11.5 Å². The van der Waals surface area contributed by atoms with Crippen LogP contribution in [0.5, 0.6) is 5.75 Å². The number of oxazole rings is 1. The van der Waals surface area contributed by atoms with E-state index in [1.165, 1.54) is 6.26 Å². The minimum Gasteiger partial charge on any atom is -0.493 e. The lowest BCUT2D eigenvalue weighted by molar-refractivity contribution is 0.115. The van der Waals surface area contributed by atoms with Crippen LogP contribution in [0, 0.1) is 5.82 Å². The average molecular weight is 419 g/mol. The fraction of sp³-hybridized carbons (Fsp3) is 0.136. The second-order valence-corrected chi connectivity index (χ2v) is 6.96. The topological polar surface area (TPSA) is 105 Å². The fourth-order valence-electron chi connectivity index (χ4n) is 3.30. The molecule has 156 valence electrons. The average Bonchev–Trinajstić information content (AvgIpc) is 3.32. The van der Waals surface area contributed by atoms with Crippen molar-refractivity contribution in [1.29, 1.82) is 0 Å². The van der Waals surface area contributed by atoms with Crippen molar-refractivity contribution in [3.8, 4) is 17.2 Å². The molecule has 2 aromatic carbocycles. The van der Waals surface area contributed by atoms with Crippen molar-refractivity contribution in [2.45, 2.75) is 12.5 Å². The molecule has 0 spiro atoms. The number of hydrogen-bond acceptors (Lipinski definition) is 8. The zero-order chi connectivity index (χ0) is 21.2. The molecule has 0 fully saturated rings. The Morgan fingerprint density at radius 3 is 2.68 bits per heavy atom. The first-order valence-corrected chi connectivity index (χ1v) is 9.67. The molecule has 5 rings (SSSR count). The van der Waals surface area contributed by atoms with Gasteiger partial charge in [-0.1, -0.05) is 0 Å². The molecule has 0 aliphatic carbocycles. The first-order chi connectivity index (χ1) is 15.2. The Balaban J connectivity index is 1.34. The summed E-state index contributed by atoms with van der Waals surface area (Å²) < 4.78 is 25.1. The van der Waals surface area contributed by atoms with Gasteiger partial charge in [0.15, 0.2) is 11.6 Å². The number of aliphatic hydroxyl groups excluding tert-OH is 1. The summed E-state index contributed by atoms with van der Waals surface area (Å²) in [5.74, 6) is 0.799. The summed E-state index contributed by atoms with van der Waals surface area (Å²) in [6.07, 6.45) is 4.09. The lowest BCUT2D eigenvalue weighted by Crippen LogP contribution is -2.14. The third-order valence-corrected chi connectivity index (χ3v) is 4.84. The number of halogens is 1. The van der Waals surface area contributed by atoms with Gasteiger partial charge in [-0.05, 0) is 42.5 Å². The van der Waals surface area contributed by atoms with Gasteiger partial charge < -0.3 is 24.9 Å². The van der Waals surface area contributed by atoms with Gasteiger partial charge in [-0.25, -0.2) is 14.4 Å². The molecule has 2 aromatic heterocycles. The molecule has 0 saturated heterocycles. The number of ether oxygens (including phenoxy) is 1. The zero-order valence-corrected chi connectivity index (χ0v) is 16.2. The van der Waals surface area contributed by atoms with Gasteiger partial charge in [0.25, 0.3) is 0 Å². The van der Waals surface area contributed by atoms with Gasteiger partial charge in [0.2, 0.25) is 11.8 Å². The predicted octanol–water partition coefficient (Wildman–Crippen LogP) is 4.57. The lowest BCUT2D eigenvalue weighted by Gasteiger charge is -2.22. The van der Waals surface area contributed by atoms with E-state index in [0.717, 1.165) is 17.4 Å². The molecule has 1 atom stereocenters. The Morgan fingerprint density at radius 2 is 1.87 bits per heavy atom. The number of nitrogens with one attached hydrogen (secondary N) is 2. The van der Waals surface area contributed by atoms with Crippen LogP contribution in [-0.2, 0) is 0 Å². The molecule has 8 nitrogen and oxygen atoms in total. The van der Waals surface area contributed by atoms with Crippen LogP contribution in [-0.4, -0.2) is 26.7 Å². The summed E-state index contributed by atoms with van der Waals surface area (Å²) >= 11 is 0. The molecule has 9 heteroatoms. The quantitative estimate of drug-likeness (QED) is 0.432. The Kier molecular flexibility index (Phi) is 4.93. The number of nitrogens with zero attached hydrogens (tertiary/aromatic N) is 3. The maximum absolute atomic E-state index is 14.3. The van der Waals surface area contributed by atoms with Gasteiger partial charge in [-0.2, -0.15) is 4.98 Å². The maximum atomic E-state index is 14.3. The molecular weight excluding hydrogens is 401 g/mol. The van der Waals surface area contributed by atoms with Gasteiger partial charge in [0.1, 0.15) is 12.0 Å². The third-order valence-electron chi connectivity index (χ3n) is 4.84. The Morgan fingerprint density at radius 1 is 1.03 bits per heavy atom. The largest absolute Gasteiger partial charge is 0.493 e. The minimum absolute atomic E-state index is 0.0140. The highest BCUT2D eigenvalue weighted by atomic mass is 19.1. The Bertz CT molecular complexity index is 1200. The van der Waals surface area contributed by atoms with Crippen LogP contribution in [0.15, 0.2) is 65.5 Å². The van der Waals surface area contributed by atoms with Crippen molar-refractivity contribution in [3.05, 3.63) is 72.5 Å². The molecule has 0 saturated carbocycles. The molecule has 3 heterocycles. The number of anilines is 4. The fourth-order valence-corrected chi connectivity index (χ4v) is 3.30. The van der Waals surface area contributed by atoms with Crippen LogP contribution in [0.2, 0.25) is 0 Å². The van der Waals surface area contributed by atoms with E-state index in [2.05, 4.69) is 25.6 Å². The van der Waals surface area contributed by atoms with E-state index >= 15 is 0 Å². The van der Waals surface area contributed by atoms with Crippen molar-refractivity contribution >= 4 is 23.1 Å². The van der Waals surface area contributed by atoms with Crippen molar-refractivity contribution in [2.75, 3.05) is 17.2 Å². The highest BCUT2D eigenvalue weighted by Crippen LogP contribution is 2.34. The van der Waals surface area contributed by atoms with Gasteiger partial charge in [0.05, 0.1) is 25.1 Å². The molecule has 1 unspecified atom stereocenters. The van der Waals surface area contributed by atoms with Crippen LogP contribution < -0.4 is 15.4 Å². The van der Waals surface area contributed by atoms with E-state index in [1.807, 2.05) is 24.3 Å². The van der Waals surface area contributed by atoms with E-state index in [1.54, 1.807) is 24.4 Å². The summed E-state index contributed by atoms with van der Waals surface area (Å²) in [5.41, 5.74) is 2.80. The third kappa shape index (κ3) is 4.03. The van der Waals surface area contributed by atoms with E-state index < -0.39 is 11.9 Å². The van der Waals surface area contributed by atoms with Crippen LogP contribution in [0.3, 0.4) is 0 Å². The standard InChI is InChI=1S/C22H18FN5O3/c23-17-12-25-22(27-14-3-1-13(2-4-14)21-24-8-10-31-21)28-20(17)26-15-5-6-19-16(11-15)18(29)7-9-30-19/h1-6,8,10-12,18,29H,7,9H2,(H2,25,26,27,28). The molecule has 1 aliphatic rings. The Labute approximate surface area is 176 Å². The number of hydrogen-bond donors (Lipinski definition) is 3. The van der Waals surface area contributed by atoms with Crippen molar-refractivity contribution < 1.29 is 18.7 Å². The predicted molar refractivity (Wildman–Crippen MR) is 112 cm³/mol. The number of fused-ring (bicyclic) bond motifs is 1. The van der Waals surface area contributed by atoms with E-state index in [4.69, 9.17) is 9.15 Å². The highest BCUT2D eigenvalue weighted by molar-refractivity contribution is 5.64. The van der Waals surface area contributed by atoms with Crippen molar-refractivity contribution in [3.63, 3.8) is 0 Å². The lowest BCUT2D eigenvalue weighted by atomic mass is 10.0. The first kappa shape index (κ1) is 19.0. The number of benzene rings is 2. The summed E-state index contributed by atoms with van der Waals surface area (Å²) in [7, 11) is 0. The van der Waals surface area contributed by atoms with E-state index in [-0.39, 0.29) is 11.8 Å². The molecule has 0 amide bonds. The molecule has 4 aromatic rings. The maximum Gasteiger partial charge on any atom is 0.229 e. The van der Waals surface area contributed by atoms with E-state index in [9.17, 15) is 9.50 Å². The van der Waals surface area contributed by atoms with Gasteiger partial charge in [0, 0.05) is 28.9 Å². The summed E-state index contributed by atoms with van der Waals surface area (Å²) in [6, 6.07) is 12.6. The van der Waals surface area contributed by atoms with Crippen molar-refractivity contribution in [1.82, 2.24) is 15.0 Å². The zero-order valence-electron chi connectivity index (χ0n) is 16.2. The van der Waals surface area contributed by atoms with Crippen LogP contribution in [0.4, 0.5) is 27.5 Å². The molecule has 0 bridgehead atoms. The van der Waals surface area contributed by atoms with Crippen LogP contribution >= 0.6 is 0 Å². The number of rotatable bonds is 5. The van der Waals surface area contributed by atoms with Gasteiger partial charge >= 0.3 is 0 Å². The normalized spacial score (nSPS) is 15.1. The Hall–Kier alpha value is -3.98. The molecular formula is C22H18FN5O3. The summed E-state index contributed by atoms with van der Waals surface area (Å²) in [4.78, 5) is 12.3. The van der Waals surface area contributed by atoms with Gasteiger partial charge in [-0.3, -0.25) is 0 Å². The monoisotopic (exact) mass is 419 g/mol. The molecule has 1 aliphatic heterocycles. The minimum atomic E-state index is -0.614. The van der Waals surface area contributed by atoms with Gasteiger partial charge in [-0.15, -0.1) is 0 Å². The summed E-state index contributed by atoms with van der Waals surface area (Å²) in [6.45, 7) is 0.468. The molecule has 0 radical (unpaired) electrons. The molecule has 31 heavy (non-hydrogen) atoms. The summed E-state index contributed by atoms with van der Waals surface area (Å²) in [5, 5.41) is 16.2. The second kappa shape index (κ2) is 8.04. The molecule has 3 N–H and O–H groups in total. The van der Waals surface area contributed by atoms with Crippen LogP contribution in [0.1, 0.15) is 18.1 Å². The SMILES string of the molecule is OC1CCOc2ccc(Nc3nc(Nc4ccc(-c5ncco5)cc4)ncc3F)cc21. The smallest absolute Gasteiger partial charge is 0.229 e. The highest BCUT2D eigenvalue weighted by Gasteiger charge is 2.20. The first-order valence-electron chi connectivity index (χ1n) is 9.67.